The van der Waals surface area contributed by atoms with Gasteiger partial charge in [0.2, 0.25) is 5.91 Å². The molecule has 0 fully saturated rings. The number of nitrogens with one attached hydrogen (secondary N) is 1. The van der Waals surface area contributed by atoms with Gasteiger partial charge in [0.15, 0.2) is 0 Å². The Labute approximate surface area is 187 Å². The van der Waals surface area contributed by atoms with Crippen LogP contribution >= 0.6 is 11.6 Å². The van der Waals surface area contributed by atoms with Crippen molar-refractivity contribution in [2.75, 3.05) is 20.3 Å². The zero-order valence-electron chi connectivity index (χ0n) is 17.9. The molecule has 1 N–H and O–H groups in total. The van der Waals surface area contributed by atoms with E-state index in [9.17, 15) is 14.4 Å². The number of carbonyl (C=O) groups excluding carboxylic acids is 3. The maximum atomic E-state index is 12.8. The molecule has 2 rings (SSSR count). The SMILES string of the molecule is CCOC(=O)CCNC(=O)C(CC(=O)Cc1ccc(Cl)cc1)Cc1ccc(OC)cc1. The number of methoxy groups -OCH3 is 1. The fourth-order valence-corrected chi connectivity index (χ4v) is 3.27. The molecule has 7 heteroatoms. The van der Waals surface area contributed by atoms with Gasteiger partial charge in [0.05, 0.1) is 20.1 Å². The standard InChI is InChI=1S/C24H28ClNO5/c1-3-31-23(28)12-13-26-24(29)19(14-17-6-10-22(30-2)11-7-17)16-21(27)15-18-4-8-20(25)9-5-18/h4-11,19H,3,12-16H2,1-2H3,(H,26,29). The first-order valence-corrected chi connectivity index (χ1v) is 10.6. The van der Waals surface area contributed by atoms with Crippen molar-refractivity contribution in [1.82, 2.24) is 5.32 Å². The predicted molar refractivity (Wildman–Crippen MR) is 119 cm³/mol. The number of ketones is 1. The predicted octanol–water partition coefficient (Wildman–Crippen LogP) is 3.78. The number of halogens is 1. The molecule has 0 aliphatic heterocycles. The fourth-order valence-electron chi connectivity index (χ4n) is 3.15. The van der Waals surface area contributed by atoms with E-state index >= 15 is 0 Å². The molecule has 31 heavy (non-hydrogen) atoms. The second-order valence-corrected chi connectivity index (χ2v) is 7.58. The van der Waals surface area contributed by atoms with Gasteiger partial charge in [0.1, 0.15) is 11.5 Å². The number of carbonyl (C=O) groups is 3. The average molecular weight is 446 g/mol. The van der Waals surface area contributed by atoms with Crippen LogP contribution in [0.1, 0.15) is 30.9 Å². The summed E-state index contributed by atoms with van der Waals surface area (Å²) in [6.45, 7) is 2.20. The molecular formula is C24H28ClNO5. The summed E-state index contributed by atoms with van der Waals surface area (Å²) >= 11 is 5.90. The molecule has 0 saturated heterocycles. The topological polar surface area (TPSA) is 81.7 Å². The lowest BCUT2D eigenvalue weighted by molar-refractivity contribution is -0.143. The van der Waals surface area contributed by atoms with E-state index in [0.29, 0.717) is 18.1 Å². The Morgan fingerprint density at radius 3 is 2.26 bits per heavy atom. The van der Waals surface area contributed by atoms with Gasteiger partial charge >= 0.3 is 5.97 Å². The molecule has 6 nitrogen and oxygen atoms in total. The van der Waals surface area contributed by atoms with E-state index in [-0.39, 0.29) is 43.5 Å². The summed E-state index contributed by atoms with van der Waals surface area (Å²) in [6, 6.07) is 14.5. The zero-order chi connectivity index (χ0) is 22.6. The Morgan fingerprint density at radius 1 is 1.00 bits per heavy atom. The third kappa shape index (κ3) is 8.80. The van der Waals surface area contributed by atoms with E-state index in [1.165, 1.54) is 0 Å². The molecule has 1 atom stereocenters. The van der Waals surface area contributed by atoms with E-state index in [2.05, 4.69) is 5.32 Å². The van der Waals surface area contributed by atoms with Gasteiger partial charge < -0.3 is 14.8 Å². The number of ether oxygens (including phenoxy) is 2. The first kappa shape index (κ1) is 24.4. The lowest BCUT2D eigenvalue weighted by Gasteiger charge is -2.17. The lowest BCUT2D eigenvalue weighted by Crippen LogP contribution is -2.35. The zero-order valence-corrected chi connectivity index (χ0v) is 18.6. The maximum Gasteiger partial charge on any atom is 0.307 e. The number of hydrogen-bond donors (Lipinski definition) is 1. The highest BCUT2D eigenvalue weighted by Gasteiger charge is 2.22. The minimum atomic E-state index is -0.546. The molecule has 0 aromatic heterocycles. The summed E-state index contributed by atoms with van der Waals surface area (Å²) in [5.41, 5.74) is 1.77. The molecule has 2 aromatic carbocycles. The van der Waals surface area contributed by atoms with Crippen LogP contribution in [-0.2, 0) is 32.0 Å². The van der Waals surface area contributed by atoms with Crippen LogP contribution in [0.25, 0.3) is 0 Å². The minimum Gasteiger partial charge on any atom is -0.497 e. The van der Waals surface area contributed by atoms with Gasteiger partial charge in [-0.3, -0.25) is 14.4 Å². The monoisotopic (exact) mass is 445 g/mol. The molecular weight excluding hydrogens is 418 g/mol. The quantitative estimate of drug-likeness (QED) is 0.503. The largest absolute Gasteiger partial charge is 0.497 e. The normalized spacial score (nSPS) is 11.5. The minimum absolute atomic E-state index is 0.0404. The first-order chi connectivity index (χ1) is 14.9. The van der Waals surface area contributed by atoms with Crippen LogP contribution in [0.2, 0.25) is 5.02 Å². The number of hydrogen-bond acceptors (Lipinski definition) is 5. The van der Waals surface area contributed by atoms with Gasteiger partial charge in [0, 0.05) is 30.3 Å². The summed E-state index contributed by atoms with van der Waals surface area (Å²) < 4.78 is 10.0. The van der Waals surface area contributed by atoms with Crippen molar-refractivity contribution in [3.8, 4) is 5.75 Å². The van der Waals surface area contributed by atoms with Gasteiger partial charge in [-0.2, -0.15) is 0 Å². The second kappa shape index (κ2) is 12.7. The molecule has 1 unspecified atom stereocenters. The summed E-state index contributed by atoms with van der Waals surface area (Å²) in [4.78, 5) is 36.9. The van der Waals surface area contributed by atoms with Crippen LogP contribution in [0.15, 0.2) is 48.5 Å². The van der Waals surface area contributed by atoms with Gasteiger partial charge in [-0.05, 0) is 48.7 Å². The van der Waals surface area contributed by atoms with Crippen LogP contribution in [0.3, 0.4) is 0 Å². The first-order valence-electron chi connectivity index (χ1n) is 10.2. The van der Waals surface area contributed by atoms with Crippen molar-refractivity contribution >= 4 is 29.3 Å². The van der Waals surface area contributed by atoms with Gasteiger partial charge in [-0.1, -0.05) is 35.9 Å². The fraction of sp³-hybridized carbons (Fsp3) is 0.375. The smallest absolute Gasteiger partial charge is 0.307 e. The number of esters is 1. The molecule has 0 spiro atoms. The molecule has 0 aliphatic carbocycles. The second-order valence-electron chi connectivity index (χ2n) is 7.14. The summed E-state index contributed by atoms with van der Waals surface area (Å²) in [5.74, 6) is -0.493. The molecule has 0 aliphatic rings. The van der Waals surface area contributed by atoms with E-state index in [1.54, 1.807) is 38.3 Å². The van der Waals surface area contributed by atoms with E-state index < -0.39 is 5.92 Å². The third-order valence-electron chi connectivity index (χ3n) is 4.73. The summed E-state index contributed by atoms with van der Waals surface area (Å²) in [6.07, 6.45) is 0.821. The van der Waals surface area contributed by atoms with Crippen molar-refractivity contribution in [1.29, 1.82) is 0 Å². The van der Waals surface area contributed by atoms with Crippen LogP contribution < -0.4 is 10.1 Å². The Morgan fingerprint density at radius 2 is 1.65 bits per heavy atom. The maximum absolute atomic E-state index is 12.8. The number of amides is 1. The van der Waals surface area contributed by atoms with E-state index in [0.717, 1.165) is 16.9 Å². The molecule has 2 aromatic rings. The van der Waals surface area contributed by atoms with Crippen molar-refractivity contribution in [2.24, 2.45) is 5.92 Å². The third-order valence-corrected chi connectivity index (χ3v) is 4.99. The molecule has 166 valence electrons. The Bertz CT molecular complexity index is 865. The van der Waals surface area contributed by atoms with Crippen molar-refractivity contribution in [2.45, 2.75) is 32.6 Å². The Kier molecular flexibility index (Phi) is 10.0. The van der Waals surface area contributed by atoms with Crippen LogP contribution in [0, 0.1) is 5.92 Å². The van der Waals surface area contributed by atoms with Crippen molar-refractivity contribution < 1.29 is 23.9 Å². The lowest BCUT2D eigenvalue weighted by atomic mass is 9.91. The van der Waals surface area contributed by atoms with Gasteiger partial charge in [-0.15, -0.1) is 0 Å². The highest BCUT2D eigenvalue weighted by molar-refractivity contribution is 6.30. The number of Topliss-reactive ketones (excluding diaryl/α,β-unsaturated/α-hetero) is 1. The molecule has 0 saturated carbocycles. The molecule has 0 radical (unpaired) electrons. The van der Waals surface area contributed by atoms with E-state index in [1.807, 2.05) is 24.3 Å². The van der Waals surface area contributed by atoms with Crippen molar-refractivity contribution in [3.63, 3.8) is 0 Å². The summed E-state index contributed by atoms with van der Waals surface area (Å²) in [7, 11) is 1.59. The van der Waals surface area contributed by atoms with Crippen LogP contribution in [-0.4, -0.2) is 37.9 Å². The highest BCUT2D eigenvalue weighted by atomic mass is 35.5. The number of benzene rings is 2. The van der Waals surface area contributed by atoms with E-state index in [4.69, 9.17) is 21.1 Å². The van der Waals surface area contributed by atoms with Gasteiger partial charge in [0.25, 0.3) is 0 Å². The Hall–Kier alpha value is -2.86. The number of rotatable bonds is 12. The molecule has 1 amide bonds. The molecule has 0 heterocycles. The van der Waals surface area contributed by atoms with Crippen LogP contribution in [0.4, 0.5) is 0 Å². The van der Waals surface area contributed by atoms with Gasteiger partial charge in [-0.25, -0.2) is 0 Å². The van der Waals surface area contributed by atoms with Crippen molar-refractivity contribution in [3.05, 3.63) is 64.7 Å². The Balaban J connectivity index is 2.02. The highest BCUT2D eigenvalue weighted by Crippen LogP contribution is 2.19. The summed E-state index contributed by atoms with van der Waals surface area (Å²) in [5, 5.41) is 3.36. The molecule has 0 bridgehead atoms. The average Bonchev–Trinajstić information content (AvgIpc) is 2.75. The van der Waals surface area contributed by atoms with Crippen LogP contribution in [0.5, 0.6) is 5.75 Å².